The Labute approximate surface area is 103 Å². The van der Waals surface area contributed by atoms with Crippen molar-refractivity contribution in [3.63, 3.8) is 0 Å². The Morgan fingerprint density at radius 3 is 2.59 bits per heavy atom. The van der Waals surface area contributed by atoms with Crippen LogP contribution in [0.2, 0.25) is 0 Å². The maximum atomic E-state index is 11.7. The molecule has 1 rings (SSSR count). The van der Waals surface area contributed by atoms with Gasteiger partial charge in [0.05, 0.1) is 6.04 Å². The molecule has 1 heterocycles. The number of carbonyl (C=O) groups is 1. The molecule has 2 N–H and O–H groups in total. The molecule has 0 aliphatic rings. The maximum absolute atomic E-state index is 11.7. The molecule has 2 atom stereocenters. The molecule has 1 aromatic heterocycles. The van der Waals surface area contributed by atoms with Crippen LogP contribution in [-0.4, -0.2) is 23.5 Å². The minimum Gasteiger partial charge on any atom is -0.350 e. The van der Waals surface area contributed by atoms with Gasteiger partial charge in [-0.05, 0) is 38.1 Å². The highest BCUT2D eigenvalue weighted by Gasteiger charge is 2.11. The highest BCUT2D eigenvalue weighted by atomic mass is 16.1. The van der Waals surface area contributed by atoms with Gasteiger partial charge in [0, 0.05) is 24.9 Å². The molecule has 4 heteroatoms. The summed E-state index contributed by atoms with van der Waals surface area (Å²) in [5, 5.41) is 6.20. The number of hydrogen-bond acceptors (Lipinski definition) is 3. The second-order valence-electron chi connectivity index (χ2n) is 4.23. The van der Waals surface area contributed by atoms with Crippen LogP contribution in [-0.2, 0) is 4.79 Å². The van der Waals surface area contributed by atoms with Crippen LogP contribution in [0, 0.1) is 0 Å². The molecule has 94 valence electrons. The highest BCUT2D eigenvalue weighted by Crippen LogP contribution is 2.10. The number of aromatic nitrogens is 1. The fourth-order valence-corrected chi connectivity index (χ4v) is 1.73. The van der Waals surface area contributed by atoms with Crippen molar-refractivity contribution in [1.82, 2.24) is 15.6 Å². The summed E-state index contributed by atoms with van der Waals surface area (Å²) in [6.07, 6.45) is 3.97. The van der Waals surface area contributed by atoms with Gasteiger partial charge in [0.2, 0.25) is 5.91 Å². The van der Waals surface area contributed by atoms with Crippen LogP contribution in [0.25, 0.3) is 0 Å². The molecule has 1 aromatic rings. The van der Waals surface area contributed by atoms with E-state index in [-0.39, 0.29) is 18.0 Å². The van der Waals surface area contributed by atoms with Crippen molar-refractivity contribution in [2.45, 2.75) is 39.3 Å². The summed E-state index contributed by atoms with van der Waals surface area (Å²) >= 11 is 0. The van der Waals surface area contributed by atoms with Gasteiger partial charge in [-0.1, -0.05) is 6.92 Å². The lowest BCUT2D eigenvalue weighted by Gasteiger charge is -2.16. The lowest BCUT2D eigenvalue weighted by atomic mass is 10.1. The number of rotatable bonds is 6. The molecule has 0 aromatic carbocycles. The van der Waals surface area contributed by atoms with E-state index in [9.17, 15) is 4.79 Å². The molecular weight excluding hydrogens is 214 g/mol. The van der Waals surface area contributed by atoms with Crippen LogP contribution in [0.1, 0.15) is 38.8 Å². The minimum absolute atomic E-state index is 0.0272. The van der Waals surface area contributed by atoms with Gasteiger partial charge in [0.25, 0.3) is 0 Å². The highest BCUT2D eigenvalue weighted by molar-refractivity contribution is 5.77. The molecule has 0 radical (unpaired) electrons. The average molecular weight is 235 g/mol. The summed E-state index contributed by atoms with van der Waals surface area (Å²) in [6, 6.07) is 4.07. The first kappa shape index (κ1) is 13.6. The van der Waals surface area contributed by atoms with E-state index in [1.165, 1.54) is 0 Å². The lowest BCUT2D eigenvalue weighted by Crippen LogP contribution is -2.34. The first-order valence-electron chi connectivity index (χ1n) is 6.06. The molecule has 0 bridgehead atoms. The van der Waals surface area contributed by atoms with Gasteiger partial charge in [0.15, 0.2) is 0 Å². The number of amides is 1. The van der Waals surface area contributed by atoms with E-state index in [1.807, 2.05) is 32.9 Å². The zero-order valence-corrected chi connectivity index (χ0v) is 10.7. The molecule has 0 aliphatic heterocycles. The van der Waals surface area contributed by atoms with Crippen LogP contribution in [0.15, 0.2) is 24.5 Å². The Bertz CT molecular complexity index is 340. The van der Waals surface area contributed by atoms with E-state index in [2.05, 4.69) is 15.6 Å². The van der Waals surface area contributed by atoms with Gasteiger partial charge < -0.3 is 10.6 Å². The molecule has 0 saturated heterocycles. The molecule has 0 fully saturated rings. The smallest absolute Gasteiger partial charge is 0.222 e. The van der Waals surface area contributed by atoms with E-state index in [1.54, 1.807) is 12.4 Å². The Hall–Kier alpha value is -1.42. The molecular formula is C13H21N3O. The fraction of sp³-hybridized carbons (Fsp3) is 0.538. The SMILES string of the molecule is CCNC(C)CC(=O)NC(C)c1ccncc1. The Balaban J connectivity index is 2.41. The predicted octanol–water partition coefficient (Wildman–Crippen LogP) is 1.65. The van der Waals surface area contributed by atoms with Crippen LogP contribution >= 0.6 is 0 Å². The minimum atomic E-state index is 0.0272. The predicted molar refractivity (Wildman–Crippen MR) is 68.6 cm³/mol. The summed E-state index contributed by atoms with van der Waals surface area (Å²) in [4.78, 5) is 15.7. The fourth-order valence-electron chi connectivity index (χ4n) is 1.73. The molecule has 4 nitrogen and oxygen atoms in total. The first-order valence-corrected chi connectivity index (χ1v) is 6.06. The van der Waals surface area contributed by atoms with Crippen molar-refractivity contribution in [3.8, 4) is 0 Å². The quantitative estimate of drug-likeness (QED) is 0.788. The van der Waals surface area contributed by atoms with Crippen molar-refractivity contribution in [3.05, 3.63) is 30.1 Å². The summed E-state index contributed by atoms with van der Waals surface area (Å²) in [5.74, 6) is 0.0720. The monoisotopic (exact) mass is 235 g/mol. The normalized spacial score (nSPS) is 14.1. The third-order valence-corrected chi connectivity index (χ3v) is 2.63. The Kier molecular flexibility index (Phi) is 5.63. The van der Waals surface area contributed by atoms with Crippen LogP contribution in [0.3, 0.4) is 0 Å². The van der Waals surface area contributed by atoms with Gasteiger partial charge in [-0.3, -0.25) is 9.78 Å². The second-order valence-corrected chi connectivity index (χ2v) is 4.23. The van der Waals surface area contributed by atoms with Crippen molar-refractivity contribution in [2.75, 3.05) is 6.54 Å². The maximum Gasteiger partial charge on any atom is 0.222 e. The van der Waals surface area contributed by atoms with Gasteiger partial charge >= 0.3 is 0 Å². The molecule has 0 spiro atoms. The van der Waals surface area contributed by atoms with Crippen molar-refractivity contribution in [1.29, 1.82) is 0 Å². The zero-order valence-electron chi connectivity index (χ0n) is 10.7. The van der Waals surface area contributed by atoms with Gasteiger partial charge in [-0.15, -0.1) is 0 Å². The second kappa shape index (κ2) is 7.01. The third-order valence-electron chi connectivity index (χ3n) is 2.63. The Morgan fingerprint density at radius 1 is 1.35 bits per heavy atom. The Morgan fingerprint density at radius 2 is 2.00 bits per heavy atom. The van der Waals surface area contributed by atoms with Crippen LogP contribution in [0.4, 0.5) is 0 Å². The largest absolute Gasteiger partial charge is 0.350 e. The first-order chi connectivity index (χ1) is 8.13. The van der Waals surface area contributed by atoms with Gasteiger partial charge in [0.1, 0.15) is 0 Å². The van der Waals surface area contributed by atoms with Crippen LogP contribution in [0.5, 0.6) is 0 Å². The topological polar surface area (TPSA) is 54.0 Å². The number of pyridine rings is 1. The molecule has 0 aliphatic carbocycles. The number of hydrogen-bond donors (Lipinski definition) is 2. The third kappa shape index (κ3) is 4.95. The van der Waals surface area contributed by atoms with Gasteiger partial charge in [-0.25, -0.2) is 0 Å². The zero-order chi connectivity index (χ0) is 12.7. The molecule has 17 heavy (non-hydrogen) atoms. The van der Waals surface area contributed by atoms with E-state index in [0.717, 1.165) is 12.1 Å². The van der Waals surface area contributed by atoms with Crippen LogP contribution < -0.4 is 10.6 Å². The molecule has 0 saturated carbocycles. The molecule has 1 amide bonds. The average Bonchev–Trinajstić information content (AvgIpc) is 2.30. The standard InChI is InChI=1S/C13H21N3O/c1-4-15-10(2)9-13(17)16-11(3)12-5-7-14-8-6-12/h5-8,10-11,15H,4,9H2,1-3H3,(H,16,17). The number of nitrogens with zero attached hydrogens (tertiary/aromatic N) is 1. The summed E-state index contributed by atoms with van der Waals surface area (Å²) in [6.45, 7) is 6.91. The summed E-state index contributed by atoms with van der Waals surface area (Å²) < 4.78 is 0. The molecule has 2 unspecified atom stereocenters. The van der Waals surface area contributed by atoms with Crippen molar-refractivity contribution < 1.29 is 4.79 Å². The van der Waals surface area contributed by atoms with E-state index < -0.39 is 0 Å². The van der Waals surface area contributed by atoms with Gasteiger partial charge in [-0.2, -0.15) is 0 Å². The van der Waals surface area contributed by atoms with E-state index in [4.69, 9.17) is 0 Å². The van der Waals surface area contributed by atoms with E-state index >= 15 is 0 Å². The van der Waals surface area contributed by atoms with Crippen molar-refractivity contribution >= 4 is 5.91 Å². The summed E-state index contributed by atoms with van der Waals surface area (Å²) in [5.41, 5.74) is 1.07. The summed E-state index contributed by atoms with van der Waals surface area (Å²) in [7, 11) is 0. The van der Waals surface area contributed by atoms with E-state index in [0.29, 0.717) is 6.42 Å². The number of nitrogens with one attached hydrogen (secondary N) is 2. The lowest BCUT2D eigenvalue weighted by molar-refractivity contribution is -0.122. The van der Waals surface area contributed by atoms with Crippen molar-refractivity contribution in [2.24, 2.45) is 0 Å². The number of carbonyl (C=O) groups excluding carboxylic acids is 1.